The molecule has 3 aromatic carbocycles. The summed E-state index contributed by atoms with van der Waals surface area (Å²) in [5, 5.41) is 18.1. The van der Waals surface area contributed by atoms with E-state index in [2.05, 4.69) is 26.0 Å². The number of nitrogens with one attached hydrogen (secondary N) is 2. The Kier molecular flexibility index (Phi) is 6.54. The van der Waals surface area contributed by atoms with Gasteiger partial charge in [-0.3, -0.25) is 9.59 Å². The molecule has 2 N–H and O–H groups in total. The number of aromatic nitrogens is 4. The van der Waals surface area contributed by atoms with Crippen LogP contribution in [0.4, 0.5) is 5.69 Å². The van der Waals surface area contributed by atoms with E-state index in [-0.39, 0.29) is 24.4 Å². The number of carbonyl (C=O) groups excluding carboxylic acids is 2. The number of rotatable bonds is 7. The highest BCUT2D eigenvalue weighted by atomic mass is 16.2. The minimum atomic E-state index is -0.361. The van der Waals surface area contributed by atoms with Gasteiger partial charge >= 0.3 is 0 Å². The summed E-state index contributed by atoms with van der Waals surface area (Å²) in [6.45, 7) is 3.75. The SMILES string of the molecule is Cc1ccccc1-c1nnn(CC(=O)Nc2ccccc2C(=O)NC(C)c2ccccc2)n1. The van der Waals surface area contributed by atoms with Gasteiger partial charge in [-0.05, 0) is 42.3 Å². The maximum absolute atomic E-state index is 12.9. The fraction of sp³-hybridized carbons (Fsp3) is 0.160. The van der Waals surface area contributed by atoms with Crippen molar-refractivity contribution >= 4 is 17.5 Å². The molecule has 1 aromatic heterocycles. The first-order chi connectivity index (χ1) is 16.0. The van der Waals surface area contributed by atoms with Crippen molar-refractivity contribution in [1.29, 1.82) is 0 Å². The third-order valence-electron chi connectivity index (χ3n) is 5.22. The van der Waals surface area contributed by atoms with E-state index in [1.54, 1.807) is 24.3 Å². The average Bonchev–Trinajstić information content (AvgIpc) is 3.28. The number of amides is 2. The second kappa shape index (κ2) is 9.86. The summed E-state index contributed by atoms with van der Waals surface area (Å²) < 4.78 is 0. The van der Waals surface area contributed by atoms with Gasteiger partial charge in [-0.2, -0.15) is 4.80 Å². The molecule has 4 aromatic rings. The van der Waals surface area contributed by atoms with Gasteiger partial charge in [0.2, 0.25) is 11.7 Å². The maximum Gasteiger partial charge on any atom is 0.253 e. The van der Waals surface area contributed by atoms with E-state index >= 15 is 0 Å². The monoisotopic (exact) mass is 440 g/mol. The Hall–Kier alpha value is -4.33. The van der Waals surface area contributed by atoms with Crippen LogP contribution in [-0.4, -0.2) is 32.0 Å². The molecular weight excluding hydrogens is 416 g/mol. The number of hydrogen-bond donors (Lipinski definition) is 2. The molecule has 0 aliphatic heterocycles. The first-order valence-corrected chi connectivity index (χ1v) is 10.6. The molecule has 166 valence electrons. The smallest absolute Gasteiger partial charge is 0.253 e. The van der Waals surface area contributed by atoms with Crippen LogP contribution in [-0.2, 0) is 11.3 Å². The van der Waals surface area contributed by atoms with E-state index in [1.807, 2.05) is 68.4 Å². The van der Waals surface area contributed by atoms with Gasteiger partial charge in [-0.1, -0.05) is 66.7 Å². The van der Waals surface area contributed by atoms with Crippen molar-refractivity contribution in [2.45, 2.75) is 26.4 Å². The third-order valence-corrected chi connectivity index (χ3v) is 5.22. The fourth-order valence-corrected chi connectivity index (χ4v) is 3.45. The zero-order valence-corrected chi connectivity index (χ0v) is 18.4. The van der Waals surface area contributed by atoms with Crippen molar-refractivity contribution in [1.82, 2.24) is 25.5 Å². The van der Waals surface area contributed by atoms with Gasteiger partial charge < -0.3 is 10.6 Å². The molecule has 1 atom stereocenters. The molecule has 0 fully saturated rings. The van der Waals surface area contributed by atoms with Crippen LogP contribution in [0.1, 0.15) is 34.5 Å². The molecule has 1 unspecified atom stereocenters. The molecule has 2 amide bonds. The van der Waals surface area contributed by atoms with E-state index in [9.17, 15) is 9.59 Å². The van der Waals surface area contributed by atoms with Gasteiger partial charge in [0, 0.05) is 5.56 Å². The molecule has 8 nitrogen and oxygen atoms in total. The van der Waals surface area contributed by atoms with Crippen LogP contribution < -0.4 is 10.6 Å². The lowest BCUT2D eigenvalue weighted by atomic mass is 10.1. The van der Waals surface area contributed by atoms with Crippen molar-refractivity contribution < 1.29 is 9.59 Å². The summed E-state index contributed by atoms with van der Waals surface area (Å²) in [6.07, 6.45) is 0. The molecule has 1 heterocycles. The molecule has 0 spiro atoms. The number of aryl methyl sites for hydroxylation is 1. The second-order valence-corrected chi connectivity index (χ2v) is 7.66. The maximum atomic E-state index is 12.9. The topological polar surface area (TPSA) is 102 Å². The van der Waals surface area contributed by atoms with Crippen LogP contribution in [0.3, 0.4) is 0 Å². The van der Waals surface area contributed by atoms with Crippen molar-refractivity contribution in [2.24, 2.45) is 0 Å². The minimum Gasteiger partial charge on any atom is -0.345 e. The van der Waals surface area contributed by atoms with Crippen molar-refractivity contribution in [3.63, 3.8) is 0 Å². The van der Waals surface area contributed by atoms with Crippen molar-refractivity contribution in [3.8, 4) is 11.4 Å². The van der Waals surface area contributed by atoms with Gasteiger partial charge in [-0.25, -0.2) is 0 Å². The normalized spacial score (nSPS) is 11.6. The van der Waals surface area contributed by atoms with Gasteiger partial charge in [0.1, 0.15) is 6.54 Å². The molecular formula is C25H24N6O2. The lowest BCUT2D eigenvalue weighted by Crippen LogP contribution is -2.28. The van der Waals surface area contributed by atoms with E-state index in [0.29, 0.717) is 17.1 Å². The van der Waals surface area contributed by atoms with Gasteiger partial charge in [-0.15, -0.1) is 10.2 Å². The van der Waals surface area contributed by atoms with Crippen molar-refractivity contribution in [2.75, 3.05) is 5.32 Å². The highest BCUT2D eigenvalue weighted by molar-refractivity contribution is 6.03. The average molecular weight is 441 g/mol. The second-order valence-electron chi connectivity index (χ2n) is 7.66. The van der Waals surface area contributed by atoms with Crippen LogP contribution in [0.2, 0.25) is 0 Å². The highest BCUT2D eigenvalue weighted by Gasteiger charge is 2.17. The lowest BCUT2D eigenvalue weighted by Gasteiger charge is -2.16. The molecule has 0 aliphatic rings. The summed E-state index contributed by atoms with van der Waals surface area (Å²) in [6, 6.07) is 24.1. The first-order valence-electron chi connectivity index (χ1n) is 10.6. The number of anilines is 1. The Bertz CT molecular complexity index is 1270. The minimum absolute atomic E-state index is 0.130. The molecule has 0 saturated heterocycles. The van der Waals surface area contributed by atoms with Gasteiger partial charge in [0.25, 0.3) is 5.91 Å². The Morgan fingerprint density at radius 3 is 2.42 bits per heavy atom. The number of nitrogens with zero attached hydrogens (tertiary/aromatic N) is 4. The Morgan fingerprint density at radius 1 is 0.939 bits per heavy atom. The quantitative estimate of drug-likeness (QED) is 0.455. The largest absolute Gasteiger partial charge is 0.345 e. The lowest BCUT2D eigenvalue weighted by molar-refractivity contribution is -0.117. The van der Waals surface area contributed by atoms with Crippen molar-refractivity contribution in [3.05, 3.63) is 95.6 Å². The van der Waals surface area contributed by atoms with Gasteiger partial charge in [0.15, 0.2) is 0 Å². The molecule has 0 saturated carbocycles. The number of tetrazole rings is 1. The molecule has 4 rings (SSSR count). The van der Waals surface area contributed by atoms with E-state index < -0.39 is 0 Å². The summed E-state index contributed by atoms with van der Waals surface area (Å²) in [4.78, 5) is 26.8. The predicted octanol–water partition coefficient (Wildman–Crippen LogP) is 3.78. The van der Waals surface area contributed by atoms with Gasteiger partial charge in [0.05, 0.1) is 17.3 Å². The Morgan fingerprint density at radius 2 is 1.64 bits per heavy atom. The third kappa shape index (κ3) is 5.30. The highest BCUT2D eigenvalue weighted by Crippen LogP contribution is 2.19. The molecule has 33 heavy (non-hydrogen) atoms. The fourth-order valence-electron chi connectivity index (χ4n) is 3.45. The summed E-state index contributed by atoms with van der Waals surface area (Å²) in [5.41, 5.74) is 3.67. The van der Waals surface area contributed by atoms with E-state index in [4.69, 9.17) is 0 Å². The van der Waals surface area contributed by atoms with E-state index in [0.717, 1.165) is 16.7 Å². The number of hydrogen-bond acceptors (Lipinski definition) is 5. The summed E-state index contributed by atoms with van der Waals surface area (Å²) in [5.74, 6) is -0.182. The van der Waals surface area contributed by atoms with Crippen LogP contribution in [0.5, 0.6) is 0 Å². The number of benzene rings is 3. The standard InChI is InChI=1S/C25H24N6O2/c1-17-10-6-7-13-20(17)24-28-30-31(29-24)16-23(32)27-22-15-9-8-14-21(22)25(33)26-18(2)19-11-4-3-5-12-19/h3-15,18H,16H2,1-2H3,(H,26,33)(H,27,32). The zero-order valence-electron chi connectivity index (χ0n) is 18.4. The molecule has 8 heteroatoms. The Balaban J connectivity index is 1.43. The first kappa shape index (κ1) is 21.9. The molecule has 0 aliphatic carbocycles. The summed E-state index contributed by atoms with van der Waals surface area (Å²) in [7, 11) is 0. The molecule has 0 radical (unpaired) electrons. The number of para-hydroxylation sites is 1. The van der Waals surface area contributed by atoms with Crippen LogP contribution in [0.15, 0.2) is 78.9 Å². The zero-order chi connectivity index (χ0) is 23.2. The van der Waals surface area contributed by atoms with Crippen LogP contribution >= 0.6 is 0 Å². The molecule has 0 bridgehead atoms. The Labute approximate surface area is 191 Å². The number of carbonyl (C=O) groups is 2. The van der Waals surface area contributed by atoms with Crippen LogP contribution in [0, 0.1) is 6.92 Å². The summed E-state index contributed by atoms with van der Waals surface area (Å²) >= 11 is 0. The van der Waals surface area contributed by atoms with Crippen LogP contribution in [0.25, 0.3) is 11.4 Å². The predicted molar refractivity (Wildman–Crippen MR) is 125 cm³/mol. The van der Waals surface area contributed by atoms with E-state index in [1.165, 1.54) is 4.80 Å².